The summed E-state index contributed by atoms with van der Waals surface area (Å²) in [4.78, 5) is 12.0. The van der Waals surface area contributed by atoms with Crippen LogP contribution in [0.25, 0.3) is 0 Å². The van der Waals surface area contributed by atoms with Crippen LogP contribution < -0.4 is 5.32 Å². The van der Waals surface area contributed by atoms with E-state index in [2.05, 4.69) is 37.2 Å². The van der Waals surface area contributed by atoms with Gasteiger partial charge in [0.1, 0.15) is 5.82 Å². The molecule has 1 rings (SSSR count). The Morgan fingerprint density at radius 2 is 2.25 bits per heavy atom. The lowest BCUT2D eigenvalue weighted by atomic mass is 10.2. The largest absolute Gasteiger partial charge is 0.352 e. The van der Waals surface area contributed by atoms with Crippen LogP contribution in [-0.2, 0) is 0 Å². The van der Waals surface area contributed by atoms with Crippen molar-refractivity contribution in [3.8, 4) is 0 Å². The fraction of sp³-hybridized carbons (Fsp3) is 0.364. The smallest absolute Gasteiger partial charge is 0.252 e. The summed E-state index contributed by atoms with van der Waals surface area (Å²) in [5, 5.41) is 2.73. The van der Waals surface area contributed by atoms with Crippen LogP contribution in [0.4, 0.5) is 4.39 Å². The number of carbonyl (C=O) groups is 1. The van der Waals surface area contributed by atoms with Gasteiger partial charge in [-0.25, -0.2) is 4.39 Å². The maximum Gasteiger partial charge on any atom is 0.252 e. The molecule has 1 amide bonds. The lowest BCUT2D eigenvalue weighted by Crippen LogP contribution is -2.26. The van der Waals surface area contributed by atoms with Crippen molar-refractivity contribution in [3.05, 3.63) is 34.1 Å². The molecule has 0 aliphatic rings. The van der Waals surface area contributed by atoms with Gasteiger partial charge in [-0.05, 0) is 40.5 Å². The van der Waals surface area contributed by atoms with Crippen molar-refractivity contribution in [1.29, 1.82) is 0 Å². The van der Waals surface area contributed by atoms with Crippen molar-refractivity contribution < 1.29 is 9.18 Å². The lowest BCUT2D eigenvalue weighted by molar-refractivity contribution is 0.0952. The Balaban J connectivity index is 2.62. The first-order valence-corrected chi connectivity index (χ1v) is 6.59. The van der Waals surface area contributed by atoms with Gasteiger partial charge in [0.2, 0.25) is 0 Å². The minimum absolute atomic E-state index is 0.264. The van der Waals surface area contributed by atoms with Gasteiger partial charge in [0.15, 0.2) is 0 Å². The summed E-state index contributed by atoms with van der Waals surface area (Å²) in [6.45, 7) is 2.57. The average molecular weight is 353 g/mol. The number of carbonyl (C=O) groups excluding carboxylic acids is 1. The molecule has 1 atom stereocenters. The van der Waals surface area contributed by atoms with E-state index in [1.165, 1.54) is 18.2 Å². The van der Waals surface area contributed by atoms with Gasteiger partial charge in [-0.2, -0.15) is 0 Å². The molecule has 2 nitrogen and oxygen atoms in total. The molecule has 5 heteroatoms. The molecule has 0 aliphatic carbocycles. The predicted molar refractivity (Wildman–Crippen MR) is 69.4 cm³/mol. The third-order valence-electron chi connectivity index (χ3n) is 2.00. The van der Waals surface area contributed by atoms with Gasteiger partial charge >= 0.3 is 0 Å². The molecule has 1 aromatic rings. The maximum absolute atomic E-state index is 12.9. The molecule has 0 heterocycles. The molecule has 0 fully saturated rings. The summed E-state index contributed by atoms with van der Waals surface area (Å²) < 4.78 is 13.5. The number of hydrogen-bond donors (Lipinski definition) is 1. The molecular formula is C11H12Br2FNO. The second kappa shape index (κ2) is 6.35. The quantitative estimate of drug-likeness (QED) is 0.825. The summed E-state index contributed by atoms with van der Waals surface area (Å²) >= 11 is 6.60. The van der Waals surface area contributed by atoms with E-state index in [-0.39, 0.29) is 5.91 Å². The monoisotopic (exact) mass is 351 g/mol. The molecule has 16 heavy (non-hydrogen) atoms. The van der Waals surface area contributed by atoms with E-state index in [1.807, 2.05) is 6.92 Å². The third-order valence-corrected chi connectivity index (χ3v) is 3.15. The van der Waals surface area contributed by atoms with Crippen LogP contribution in [0.2, 0.25) is 0 Å². The Kier molecular flexibility index (Phi) is 5.41. The van der Waals surface area contributed by atoms with Crippen LogP contribution in [-0.4, -0.2) is 17.3 Å². The topological polar surface area (TPSA) is 29.1 Å². The fourth-order valence-corrected chi connectivity index (χ4v) is 1.81. The molecule has 0 spiro atoms. The van der Waals surface area contributed by atoms with E-state index in [4.69, 9.17) is 0 Å². The Labute approximate surface area is 111 Å². The zero-order chi connectivity index (χ0) is 12.1. The molecule has 88 valence electrons. The second-order valence-electron chi connectivity index (χ2n) is 3.45. The number of alkyl halides is 1. The molecule has 0 aromatic heterocycles. The number of halogens is 3. The van der Waals surface area contributed by atoms with Crippen LogP contribution in [0, 0.1) is 5.82 Å². The van der Waals surface area contributed by atoms with Crippen LogP contribution in [0.15, 0.2) is 22.7 Å². The summed E-state index contributed by atoms with van der Waals surface area (Å²) in [6.07, 6.45) is 0.832. The van der Waals surface area contributed by atoms with E-state index in [0.29, 0.717) is 21.4 Å². The highest BCUT2D eigenvalue weighted by atomic mass is 79.9. The number of benzene rings is 1. The van der Waals surface area contributed by atoms with Crippen LogP contribution in [0.1, 0.15) is 23.7 Å². The number of rotatable bonds is 4. The van der Waals surface area contributed by atoms with Crippen molar-refractivity contribution >= 4 is 37.8 Å². The zero-order valence-corrected chi connectivity index (χ0v) is 11.9. The van der Waals surface area contributed by atoms with E-state index in [1.54, 1.807) is 0 Å². The van der Waals surface area contributed by atoms with Crippen LogP contribution in [0.5, 0.6) is 0 Å². The normalized spacial score (nSPS) is 12.2. The first-order valence-electron chi connectivity index (χ1n) is 4.88. The first kappa shape index (κ1) is 13.6. The van der Waals surface area contributed by atoms with E-state index in [0.717, 1.165) is 6.42 Å². The van der Waals surface area contributed by atoms with Crippen LogP contribution in [0.3, 0.4) is 0 Å². The minimum Gasteiger partial charge on any atom is -0.352 e. The maximum atomic E-state index is 12.9. The highest BCUT2D eigenvalue weighted by Crippen LogP contribution is 2.17. The van der Waals surface area contributed by atoms with Gasteiger partial charge < -0.3 is 5.32 Å². The van der Waals surface area contributed by atoms with E-state index >= 15 is 0 Å². The Morgan fingerprint density at radius 1 is 1.56 bits per heavy atom. The number of nitrogens with one attached hydrogen (secondary N) is 1. The standard InChI is InChI=1S/C11H12Br2FNO/c1-7(12)4-5-15-11(16)9-6-8(14)2-3-10(9)13/h2-3,6-7H,4-5H2,1H3,(H,15,16). The summed E-state index contributed by atoms with van der Waals surface area (Å²) in [7, 11) is 0. The summed E-state index contributed by atoms with van der Waals surface area (Å²) in [6, 6.07) is 4.05. The predicted octanol–water partition coefficient (Wildman–Crippen LogP) is 3.49. The average Bonchev–Trinajstić information content (AvgIpc) is 2.21. The van der Waals surface area contributed by atoms with Crippen LogP contribution >= 0.6 is 31.9 Å². The van der Waals surface area contributed by atoms with Crippen molar-refractivity contribution in [3.63, 3.8) is 0 Å². The SMILES string of the molecule is CC(Br)CCNC(=O)c1cc(F)ccc1Br. The zero-order valence-electron chi connectivity index (χ0n) is 8.77. The molecule has 1 unspecified atom stereocenters. The molecule has 0 aliphatic heterocycles. The van der Waals surface area contributed by atoms with E-state index in [9.17, 15) is 9.18 Å². The molecule has 0 bridgehead atoms. The van der Waals surface area contributed by atoms with Gasteiger partial charge in [-0.3, -0.25) is 4.79 Å². The highest BCUT2D eigenvalue weighted by Gasteiger charge is 2.10. The Hall–Kier alpha value is -0.420. The summed E-state index contributed by atoms with van der Waals surface area (Å²) in [5.74, 6) is -0.679. The second-order valence-corrected chi connectivity index (χ2v) is 5.87. The number of amides is 1. The van der Waals surface area contributed by atoms with Gasteiger partial charge in [0, 0.05) is 15.8 Å². The fourth-order valence-electron chi connectivity index (χ4n) is 1.15. The van der Waals surface area contributed by atoms with Gasteiger partial charge in [0.05, 0.1) is 5.56 Å². The van der Waals surface area contributed by atoms with Gasteiger partial charge in [-0.1, -0.05) is 22.9 Å². The lowest BCUT2D eigenvalue weighted by Gasteiger charge is -2.07. The van der Waals surface area contributed by atoms with Crippen molar-refractivity contribution in [2.24, 2.45) is 0 Å². The van der Waals surface area contributed by atoms with E-state index < -0.39 is 5.82 Å². The highest BCUT2D eigenvalue weighted by molar-refractivity contribution is 9.10. The first-order chi connectivity index (χ1) is 7.50. The van der Waals surface area contributed by atoms with Crippen molar-refractivity contribution in [1.82, 2.24) is 5.32 Å². The molecule has 0 saturated heterocycles. The third kappa shape index (κ3) is 4.22. The molecule has 1 N–H and O–H groups in total. The molecule has 0 radical (unpaired) electrons. The molecule has 1 aromatic carbocycles. The molecular weight excluding hydrogens is 341 g/mol. The Bertz CT molecular complexity index is 382. The Morgan fingerprint density at radius 3 is 2.88 bits per heavy atom. The van der Waals surface area contributed by atoms with Crippen molar-refractivity contribution in [2.75, 3.05) is 6.54 Å². The molecule has 0 saturated carbocycles. The van der Waals surface area contributed by atoms with Gasteiger partial charge in [0.25, 0.3) is 5.91 Å². The summed E-state index contributed by atoms with van der Waals surface area (Å²) in [5.41, 5.74) is 0.322. The minimum atomic E-state index is -0.415. The van der Waals surface area contributed by atoms with Gasteiger partial charge in [-0.15, -0.1) is 0 Å². The number of hydrogen-bond acceptors (Lipinski definition) is 1. The van der Waals surface area contributed by atoms with Crippen molar-refractivity contribution in [2.45, 2.75) is 18.2 Å².